The normalized spacial score (nSPS) is 17.6. The van der Waals surface area contributed by atoms with Gasteiger partial charge in [0.15, 0.2) is 0 Å². The van der Waals surface area contributed by atoms with Crippen LogP contribution in [0.5, 0.6) is 0 Å². The fourth-order valence-corrected chi connectivity index (χ4v) is 3.38. The van der Waals surface area contributed by atoms with E-state index in [1.54, 1.807) is 0 Å². The molecule has 4 nitrogen and oxygen atoms in total. The Kier molecular flexibility index (Phi) is 6.60. The molecule has 0 spiro atoms. The van der Waals surface area contributed by atoms with Crippen LogP contribution in [0.1, 0.15) is 63.2 Å². The molecular weight excluding hydrogens is 290 g/mol. The van der Waals surface area contributed by atoms with Crippen LogP contribution in [0, 0.1) is 0 Å². The molecule has 0 aliphatic carbocycles. The summed E-state index contributed by atoms with van der Waals surface area (Å²) in [4.78, 5) is 12.3. The summed E-state index contributed by atoms with van der Waals surface area (Å²) in [6, 6.07) is 8.15. The topological polar surface area (TPSA) is 58.6 Å². The first kappa shape index (κ1) is 18.0. The van der Waals surface area contributed by atoms with Gasteiger partial charge in [-0.2, -0.15) is 0 Å². The van der Waals surface area contributed by atoms with Gasteiger partial charge in [0.2, 0.25) is 5.91 Å². The monoisotopic (exact) mass is 319 g/mol. The molecule has 0 radical (unpaired) electrons. The summed E-state index contributed by atoms with van der Waals surface area (Å²) in [7, 11) is 0. The Bertz CT molecular complexity index is 509. The third kappa shape index (κ3) is 5.05. The number of hydrogen-bond acceptors (Lipinski definition) is 3. The van der Waals surface area contributed by atoms with Crippen LogP contribution in [0.4, 0.5) is 0 Å². The van der Waals surface area contributed by atoms with Crippen LogP contribution >= 0.6 is 0 Å². The predicted octanol–water partition coefficient (Wildman–Crippen LogP) is 3.14. The first-order valence-corrected chi connectivity index (χ1v) is 8.76. The third-order valence-electron chi connectivity index (χ3n) is 4.51. The zero-order valence-electron chi connectivity index (χ0n) is 14.3. The number of amides is 1. The van der Waals surface area contributed by atoms with Gasteiger partial charge in [0.25, 0.3) is 0 Å². The quantitative estimate of drug-likeness (QED) is 0.774. The van der Waals surface area contributed by atoms with E-state index in [-0.39, 0.29) is 12.0 Å². The fourth-order valence-electron chi connectivity index (χ4n) is 3.38. The number of carbonyl (C=O) groups excluding carboxylic acids is 1. The molecule has 0 bridgehead atoms. The highest BCUT2D eigenvalue weighted by molar-refractivity contribution is 5.76. The molecule has 1 aromatic carbocycles. The van der Waals surface area contributed by atoms with Crippen LogP contribution in [0.15, 0.2) is 24.3 Å². The molecule has 0 saturated heterocycles. The second-order valence-corrected chi connectivity index (χ2v) is 6.51. The van der Waals surface area contributed by atoms with Crippen LogP contribution < -0.4 is 5.32 Å². The SMILES string of the molecule is CCCC(O)(CCC)CNC(=O)CC1OCCc2ccccc21. The van der Waals surface area contributed by atoms with Crippen LogP contribution in [0.25, 0.3) is 0 Å². The van der Waals surface area contributed by atoms with Gasteiger partial charge in [-0.05, 0) is 30.4 Å². The Morgan fingerprint density at radius 2 is 2.00 bits per heavy atom. The van der Waals surface area contributed by atoms with Crippen LogP contribution in [0.3, 0.4) is 0 Å². The van der Waals surface area contributed by atoms with E-state index in [1.165, 1.54) is 5.56 Å². The molecule has 1 aromatic rings. The van der Waals surface area contributed by atoms with Crippen LogP contribution in [-0.4, -0.2) is 29.8 Å². The summed E-state index contributed by atoms with van der Waals surface area (Å²) < 4.78 is 5.78. The third-order valence-corrected chi connectivity index (χ3v) is 4.51. The van der Waals surface area contributed by atoms with Crippen molar-refractivity contribution in [3.05, 3.63) is 35.4 Å². The number of fused-ring (bicyclic) bond motifs is 1. The molecular formula is C19H29NO3. The van der Waals surface area contributed by atoms with Crippen molar-refractivity contribution >= 4 is 5.91 Å². The van der Waals surface area contributed by atoms with E-state index < -0.39 is 5.60 Å². The van der Waals surface area contributed by atoms with E-state index in [4.69, 9.17) is 4.74 Å². The van der Waals surface area contributed by atoms with Gasteiger partial charge in [-0.15, -0.1) is 0 Å². The smallest absolute Gasteiger partial charge is 0.223 e. The summed E-state index contributed by atoms with van der Waals surface area (Å²) in [6.07, 6.45) is 4.28. The summed E-state index contributed by atoms with van der Waals surface area (Å²) in [5.41, 5.74) is 1.60. The Balaban J connectivity index is 1.90. The van der Waals surface area contributed by atoms with E-state index in [0.717, 1.165) is 24.8 Å². The average molecular weight is 319 g/mol. The Hall–Kier alpha value is -1.39. The predicted molar refractivity (Wildman–Crippen MR) is 91.2 cm³/mol. The molecule has 1 amide bonds. The minimum atomic E-state index is -0.787. The molecule has 0 saturated carbocycles. The van der Waals surface area contributed by atoms with Crippen molar-refractivity contribution in [3.8, 4) is 0 Å². The molecule has 1 unspecified atom stereocenters. The number of nitrogens with one attached hydrogen (secondary N) is 1. The summed E-state index contributed by atoms with van der Waals surface area (Å²) >= 11 is 0. The Labute approximate surface area is 139 Å². The average Bonchev–Trinajstić information content (AvgIpc) is 2.54. The molecule has 2 rings (SSSR count). The van der Waals surface area contributed by atoms with E-state index >= 15 is 0 Å². The van der Waals surface area contributed by atoms with Crippen molar-refractivity contribution in [2.45, 2.75) is 64.1 Å². The second kappa shape index (κ2) is 8.46. The summed E-state index contributed by atoms with van der Waals surface area (Å²) in [6.45, 7) is 5.08. The van der Waals surface area contributed by atoms with Crippen molar-refractivity contribution < 1.29 is 14.6 Å². The molecule has 1 aliphatic rings. The fraction of sp³-hybridized carbons (Fsp3) is 0.632. The highest BCUT2D eigenvalue weighted by Crippen LogP contribution is 2.29. The van der Waals surface area contributed by atoms with E-state index in [2.05, 4.69) is 25.2 Å². The number of rotatable bonds is 8. The van der Waals surface area contributed by atoms with Gasteiger partial charge in [0.05, 0.1) is 24.7 Å². The van der Waals surface area contributed by atoms with Gasteiger partial charge in [-0.25, -0.2) is 0 Å². The lowest BCUT2D eigenvalue weighted by Crippen LogP contribution is -2.43. The van der Waals surface area contributed by atoms with Crippen molar-refractivity contribution in [1.82, 2.24) is 5.32 Å². The number of hydrogen-bond donors (Lipinski definition) is 2. The summed E-state index contributed by atoms with van der Waals surface area (Å²) in [5, 5.41) is 13.5. The van der Waals surface area contributed by atoms with E-state index in [1.807, 2.05) is 18.2 Å². The molecule has 0 fully saturated rings. The first-order valence-electron chi connectivity index (χ1n) is 8.76. The maximum atomic E-state index is 12.3. The number of carbonyl (C=O) groups is 1. The molecule has 1 atom stereocenters. The van der Waals surface area contributed by atoms with Crippen LogP contribution in [-0.2, 0) is 16.0 Å². The Morgan fingerprint density at radius 1 is 1.30 bits per heavy atom. The highest BCUT2D eigenvalue weighted by Gasteiger charge is 2.27. The zero-order valence-corrected chi connectivity index (χ0v) is 14.3. The second-order valence-electron chi connectivity index (χ2n) is 6.51. The molecule has 4 heteroatoms. The highest BCUT2D eigenvalue weighted by atomic mass is 16.5. The zero-order chi connectivity index (χ0) is 16.7. The minimum absolute atomic E-state index is 0.0580. The molecule has 128 valence electrons. The molecule has 2 N–H and O–H groups in total. The lowest BCUT2D eigenvalue weighted by Gasteiger charge is -2.29. The number of benzene rings is 1. The summed E-state index contributed by atoms with van der Waals surface area (Å²) in [5.74, 6) is -0.0580. The van der Waals surface area contributed by atoms with Crippen molar-refractivity contribution in [2.24, 2.45) is 0 Å². The largest absolute Gasteiger partial charge is 0.388 e. The maximum Gasteiger partial charge on any atom is 0.223 e. The van der Waals surface area contributed by atoms with Crippen molar-refractivity contribution in [3.63, 3.8) is 0 Å². The standard InChI is InChI=1S/C19H29NO3/c1-3-10-19(22,11-4-2)14-20-18(21)13-17-16-8-6-5-7-15(16)9-12-23-17/h5-8,17,22H,3-4,9-14H2,1-2H3,(H,20,21). The van der Waals surface area contributed by atoms with Gasteiger partial charge >= 0.3 is 0 Å². The number of ether oxygens (including phenoxy) is 1. The van der Waals surface area contributed by atoms with E-state index in [0.29, 0.717) is 32.4 Å². The van der Waals surface area contributed by atoms with E-state index in [9.17, 15) is 9.90 Å². The lowest BCUT2D eigenvalue weighted by molar-refractivity contribution is -0.125. The molecule has 0 aromatic heterocycles. The molecule has 1 aliphatic heterocycles. The van der Waals surface area contributed by atoms with Gasteiger partial charge in [-0.1, -0.05) is 51.0 Å². The first-order chi connectivity index (χ1) is 11.1. The number of aliphatic hydroxyl groups is 1. The van der Waals surface area contributed by atoms with Gasteiger partial charge in [-0.3, -0.25) is 4.79 Å². The minimum Gasteiger partial charge on any atom is -0.388 e. The van der Waals surface area contributed by atoms with Crippen LogP contribution in [0.2, 0.25) is 0 Å². The van der Waals surface area contributed by atoms with Crippen molar-refractivity contribution in [1.29, 1.82) is 0 Å². The van der Waals surface area contributed by atoms with Crippen molar-refractivity contribution in [2.75, 3.05) is 13.2 Å². The Morgan fingerprint density at radius 3 is 2.70 bits per heavy atom. The van der Waals surface area contributed by atoms with Gasteiger partial charge in [0, 0.05) is 6.54 Å². The molecule has 1 heterocycles. The molecule has 23 heavy (non-hydrogen) atoms. The maximum absolute atomic E-state index is 12.3. The lowest BCUT2D eigenvalue weighted by atomic mass is 9.92. The van der Waals surface area contributed by atoms with Gasteiger partial charge in [0.1, 0.15) is 0 Å². The van der Waals surface area contributed by atoms with Gasteiger partial charge < -0.3 is 15.2 Å².